The predicted octanol–water partition coefficient (Wildman–Crippen LogP) is 5.86. The zero-order chi connectivity index (χ0) is 12.7. The van der Waals surface area contributed by atoms with Crippen LogP contribution < -0.4 is 0 Å². The number of unbranched alkanes of at least 4 members (excludes halogenated alkanes) is 3. The molecule has 0 saturated heterocycles. The highest BCUT2D eigenvalue weighted by molar-refractivity contribution is 5.25. The molecule has 0 heterocycles. The van der Waals surface area contributed by atoms with E-state index in [0.717, 1.165) is 0 Å². The van der Waals surface area contributed by atoms with Crippen molar-refractivity contribution in [3.63, 3.8) is 0 Å². The Balaban J connectivity index is 2.03. The molecule has 1 saturated carbocycles. The van der Waals surface area contributed by atoms with E-state index in [1.54, 1.807) is 5.56 Å². The zero-order valence-electron chi connectivity index (χ0n) is 12.0. The molecular formula is C18H28. The average Bonchev–Trinajstić information content (AvgIpc) is 2.46. The van der Waals surface area contributed by atoms with Crippen LogP contribution in [0.5, 0.6) is 0 Å². The van der Waals surface area contributed by atoms with Crippen molar-refractivity contribution in [3.8, 4) is 0 Å². The fourth-order valence-electron chi connectivity index (χ4n) is 3.59. The number of rotatable bonds is 6. The second-order valence-corrected chi connectivity index (χ2v) is 6.02. The molecule has 0 aliphatic heterocycles. The topological polar surface area (TPSA) is 0 Å². The van der Waals surface area contributed by atoms with E-state index in [-0.39, 0.29) is 0 Å². The highest BCUT2D eigenvalue weighted by Gasteiger charge is 2.32. The van der Waals surface area contributed by atoms with Crippen LogP contribution >= 0.6 is 0 Å². The van der Waals surface area contributed by atoms with Crippen molar-refractivity contribution in [2.24, 2.45) is 0 Å². The first-order valence-electron chi connectivity index (χ1n) is 7.93. The molecule has 1 aliphatic carbocycles. The van der Waals surface area contributed by atoms with Crippen molar-refractivity contribution in [2.75, 3.05) is 0 Å². The molecule has 0 N–H and O–H groups in total. The molecular weight excluding hydrogens is 216 g/mol. The largest absolute Gasteiger partial charge is 0.0654 e. The summed E-state index contributed by atoms with van der Waals surface area (Å²) in [7, 11) is 0. The fraction of sp³-hybridized carbons (Fsp3) is 0.667. The van der Waals surface area contributed by atoms with Gasteiger partial charge in [-0.15, -0.1) is 0 Å². The van der Waals surface area contributed by atoms with Gasteiger partial charge in [-0.3, -0.25) is 0 Å². The molecule has 0 aromatic heterocycles. The van der Waals surface area contributed by atoms with E-state index >= 15 is 0 Å². The van der Waals surface area contributed by atoms with Crippen molar-refractivity contribution < 1.29 is 0 Å². The minimum Gasteiger partial charge on any atom is -0.0654 e. The van der Waals surface area contributed by atoms with Crippen molar-refractivity contribution in [3.05, 3.63) is 35.9 Å². The van der Waals surface area contributed by atoms with E-state index in [1.807, 2.05) is 0 Å². The third-order valence-electron chi connectivity index (χ3n) is 4.71. The maximum Gasteiger partial charge on any atom is -0.00470 e. The third kappa shape index (κ3) is 3.37. The van der Waals surface area contributed by atoms with Crippen molar-refractivity contribution in [2.45, 2.75) is 76.5 Å². The van der Waals surface area contributed by atoms with E-state index in [9.17, 15) is 0 Å². The summed E-state index contributed by atoms with van der Waals surface area (Å²) >= 11 is 0. The molecule has 0 atom stereocenters. The van der Waals surface area contributed by atoms with E-state index in [4.69, 9.17) is 0 Å². The van der Waals surface area contributed by atoms with Gasteiger partial charge in [0, 0.05) is 0 Å². The Hall–Kier alpha value is -0.780. The molecule has 0 nitrogen and oxygen atoms in total. The van der Waals surface area contributed by atoms with Crippen LogP contribution in [0.25, 0.3) is 0 Å². The summed E-state index contributed by atoms with van der Waals surface area (Å²) in [5.74, 6) is 0. The second kappa shape index (κ2) is 6.97. The standard InChI is InChI=1S/C18H28/c1-2-3-4-9-14-18(15-10-6-11-16-18)17-12-7-5-8-13-17/h5,7-8,12-13H,2-4,6,9-11,14-16H2,1H3. The molecule has 1 aliphatic rings. The van der Waals surface area contributed by atoms with Crippen molar-refractivity contribution >= 4 is 0 Å². The molecule has 1 aromatic rings. The SMILES string of the molecule is CCCCCCC1(c2ccccc2)CCCCC1. The lowest BCUT2D eigenvalue weighted by Crippen LogP contribution is -2.29. The van der Waals surface area contributed by atoms with E-state index < -0.39 is 0 Å². The third-order valence-corrected chi connectivity index (χ3v) is 4.71. The highest BCUT2D eigenvalue weighted by atomic mass is 14.4. The van der Waals surface area contributed by atoms with Crippen molar-refractivity contribution in [1.29, 1.82) is 0 Å². The molecule has 1 aromatic carbocycles. The Morgan fingerprint density at radius 1 is 0.889 bits per heavy atom. The molecule has 2 rings (SSSR count). The summed E-state index contributed by atoms with van der Waals surface area (Å²) in [6.07, 6.45) is 14.2. The van der Waals surface area contributed by atoms with Gasteiger partial charge in [0.25, 0.3) is 0 Å². The van der Waals surface area contributed by atoms with Crippen LogP contribution in [0.1, 0.15) is 76.7 Å². The predicted molar refractivity (Wildman–Crippen MR) is 80.0 cm³/mol. The summed E-state index contributed by atoms with van der Waals surface area (Å²) in [6, 6.07) is 11.3. The number of benzene rings is 1. The molecule has 18 heavy (non-hydrogen) atoms. The van der Waals surface area contributed by atoms with E-state index in [1.165, 1.54) is 64.2 Å². The van der Waals surface area contributed by atoms with Gasteiger partial charge in [-0.25, -0.2) is 0 Å². The first-order chi connectivity index (χ1) is 8.87. The second-order valence-electron chi connectivity index (χ2n) is 6.02. The molecule has 100 valence electrons. The lowest BCUT2D eigenvalue weighted by molar-refractivity contribution is 0.265. The van der Waals surface area contributed by atoms with Crippen LogP contribution in [0.3, 0.4) is 0 Å². The van der Waals surface area contributed by atoms with Gasteiger partial charge >= 0.3 is 0 Å². The Morgan fingerprint density at radius 3 is 2.28 bits per heavy atom. The van der Waals surface area contributed by atoms with Gasteiger partial charge in [0.15, 0.2) is 0 Å². The minimum atomic E-state index is 0.521. The smallest absolute Gasteiger partial charge is 0.00470 e. The minimum absolute atomic E-state index is 0.521. The summed E-state index contributed by atoms with van der Waals surface area (Å²) in [5.41, 5.74) is 2.13. The quantitative estimate of drug-likeness (QED) is 0.550. The van der Waals surface area contributed by atoms with Gasteiger partial charge in [-0.2, -0.15) is 0 Å². The summed E-state index contributed by atoms with van der Waals surface area (Å²) in [4.78, 5) is 0. The van der Waals surface area contributed by atoms with Crippen LogP contribution in [-0.2, 0) is 5.41 Å². The first kappa shape index (κ1) is 13.6. The Bertz CT molecular complexity index is 319. The lowest BCUT2D eigenvalue weighted by atomic mass is 9.66. The fourth-order valence-corrected chi connectivity index (χ4v) is 3.59. The summed E-state index contributed by atoms with van der Waals surface area (Å²) < 4.78 is 0. The zero-order valence-corrected chi connectivity index (χ0v) is 12.0. The first-order valence-corrected chi connectivity index (χ1v) is 7.93. The average molecular weight is 244 g/mol. The number of hydrogen-bond donors (Lipinski definition) is 0. The molecule has 1 fully saturated rings. The molecule has 0 unspecified atom stereocenters. The Labute approximate surface area is 113 Å². The molecule has 0 heteroatoms. The monoisotopic (exact) mass is 244 g/mol. The molecule has 0 bridgehead atoms. The Morgan fingerprint density at radius 2 is 1.61 bits per heavy atom. The van der Waals surface area contributed by atoms with Gasteiger partial charge in [-0.05, 0) is 30.2 Å². The summed E-state index contributed by atoms with van der Waals surface area (Å²) in [5, 5.41) is 0. The lowest BCUT2D eigenvalue weighted by Gasteiger charge is -2.38. The summed E-state index contributed by atoms with van der Waals surface area (Å²) in [6.45, 7) is 2.30. The highest BCUT2D eigenvalue weighted by Crippen LogP contribution is 2.43. The number of hydrogen-bond acceptors (Lipinski definition) is 0. The maximum atomic E-state index is 2.37. The maximum absolute atomic E-state index is 2.37. The van der Waals surface area contributed by atoms with Crippen molar-refractivity contribution in [1.82, 2.24) is 0 Å². The van der Waals surface area contributed by atoms with Gasteiger partial charge in [0.05, 0.1) is 0 Å². The van der Waals surface area contributed by atoms with Crippen LogP contribution in [-0.4, -0.2) is 0 Å². The van der Waals surface area contributed by atoms with Gasteiger partial charge in [-0.1, -0.05) is 82.2 Å². The molecule has 0 radical (unpaired) electrons. The normalized spacial score (nSPS) is 18.7. The van der Waals surface area contributed by atoms with Crippen LogP contribution in [0.2, 0.25) is 0 Å². The Kier molecular flexibility index (Phi) is 5.28. The van der Waals surface area contributed by atoms with Crippen LogP contribution in [0.4, 0.5) is 0 Å². The van der Waals surface area contributed by atoms with Gasteiger partial charge in [0.1, 0.15) is 0 Å². The molecule has 0 amide bonds. The van der Waals surface area contributed by atoms with E-state index in [0.29, 0.717) is 5.41 Å². The van der Waals surface area contributed by atoms with E-state index in [2.05, 4.69) is 37.3 Å². The van der Waals surface area contributed by atoms with Gasteiger partial charge < -0.3 is 0 Å². The van der Waals surface area contributed by atoms with Crippen LogP contribution in [0.15, 0.2) is 30.3 Å². The van der Waals surface area contributed by atoms with Gasteiger partial charge in [0.2, 0.25) is 0 Å². The van der Waals surface area contributed by atoms with Crippen LogP contribution in [0, 0.1) is 0 Å². The molecule has 0 spiro atoms.